The molecule has 4 fully saturated rings. The van der Waals surface area contributed by atoms with E-state index in [0.717, 1.165) is 29.7 Å². The standard InChI is InChI=1S/C39H58N4O6/c1-22(2)32(20-42(7)8)41-37(46)26-13-10-12-25(16-26)29-15-11-14-27(36(29)48-9)19-43-35(34(24(4)45)33(21-44)49-43)38(47)40-31-18-28-17-30(23(31)3)39(28,5)6/h10-16,22-24,28,30-35,44-45H,17-21H2,1-9H3,(H,40,47)(H,41,46)/t23-,24-,28+,30-,31-,32-,33-,34+,35-/m0/s1. The first kappa shape index (κ1) is 37.2. The number of fused-ring (bicyclic) bond motifs is 2. The van der Waals surface area contributed by atoms with E-state index in [4.69, 9.17) is 9.57 Å². The number of amides is 2. The van der Waals surface area contributed by atoms with Crippen LogP contribution in [-0.4, -0.2) is 96.7 Å². The monoisotopic (exact) mass is 678 g/mol. The van der Waals surface area contributed by atoms with Gasteiger partial charge in [0.25, 0.3) is 5.91 Å². The first-order chi connectivity index (χ1) is 23.2. The third kappa shape index (κ3) is 7.54. The fourth-order valence-corrected chi connectivity index (χ4v) is 8.73. The molecule has 3 aliphatic carbocycles. The summed E-state index contributed by atoms with van der Waals surface area (Å²) in [6.07, 6.45) is 0.524. The molecule has 0 aromatic heterocycles. The number of aliphatic hydroxyl groups excluding tert-OH is 2. The van der Waals surface area contributed by atoms with E-state index >= 15 is 0 Å². The van der Waals surface area contributed by atoms with Gasteiger partial charge >= 0.3 is 0 Å². The normalized spacial score (nSPS) is 29.0. The van der Waals surface area contributed by atoms with Crippen molar-refractivity contribution >= 4 is 11.8 Å². The highest BCUT2D eigenvalue weighted by Gasteiger charge is 2.57. The van der Waals surface area contributed by atoms with Gasteiger partial charge in [0.15, 0.2) is 0 Å². The van der Waals surface area contributed by atoms with Gasteiger partial charge in [-0.2, -0.15) is 5.06 Å². The third-order valence-electron chi connectivity index (χ3n) is 11.8. The third-order valence-corrected chi connectivity index (χ3v) is 11.8. The molecule has 9 atom stereocenters. The number of para-hydroxylation sites is 1. The van der Waals surface area contributed by atoms with E-state index in [1.807, 2.05) is 56.6 Å². The predicted octanol–water partition coefficient (Wildman–Crippen LogP) is 4.34. The molecule has 2 amide bonds. The number of nitrogens with zero attached hydrogens (tertiary/aromatic N) is 2. The molecule has 1 saturated heterocycles. The number of methoxy groups -OCH3 is 1. The maximum Gasteiger partial charge on any atom is 0.251 e. The zero-order valence-electron chi connectivity index (χ0n) is 30.8. The number of hydroxylamine groups is 2. The summed E-state index contributed by atoms with van der Waals surface area (Å²) in [5, 5.41) is 29.3. The van der Waals surface area contributed by atoms with E-state index in [9.17, 15) is 19.8 Å². The van der Waals surface area contributed by atoms with Crippen LogP contribution in [0.2, 0.25) is 0 Å². The van der Waals surface area contributed by atoms with Crippen molar-refractivity contribution in [2.24, 2.45) is 35.0 Å². The van der Waals surface area contributed by atoms with Gasteiger partial charge < -0.3 is 30.5 Å². The van der Waals surface area contributed by atoms with E-state index in [-0.39, 0.29) is 43.0 Å². The van der Waals surface area contributed by atoms with Gasteiger partial charge in [0.1, 0.15) is 17.9 Å². The lowest BCUT2D eigenvalue weighted by molar-refractivity contribution is -0.183. The second-order valence-electron chi connectivity index (χ2n) is 15.9. The number of aliphatic hydroxyl groups is 2. The fraction of sp³-hybridized carbons (Fsp3) is 0.641. The highest BCUT2D eigenvalue weighted by atomic mass is 16.7. The molecule has 270 valence electrons. The van der Waals surface area contributed by atoms with Crippen LogP contribution in [-0.2, 0) is 16.2 Å². The van der Waals surface area contributed by atoms with E-state index < -0.39 is 24.2 Å². The highest BCUT2D eigenvalue weighted by Crippen LogP contribution is 2.61. The van der Waals surface area contributed by atoms with Crippen LogP contribution < -0.4 is 15.4 Å². The van der Waals surface area contributed by atoms with Crippen molar-refractivity contribution in [3.05, 3.63) is 53.6 Å². The van der Waals surface area contributed by atoms with Gasteiger partial charge in [0.05, 0.1) is 26.4 Å². The first-order valence-corrected chi connectivity index (χ1v) is 17.9. The Kier molecular flexibility index (Phi) is 11.5. The van der Waals surface area contributed by atoms with Gasteiger partial charge in [-0.25, -0.2) is 0 Å². The van der Waals surface area contributed by atoms with Gasteiger partial charge in [-0.3, -0.25) is 14.4 Å². The van der Waals surface area contributed by atoms with Crippen LogP contribution >= 0.6 is 0 Å². The van der Waals surface area contributed by atoms with Crippen molar-refractivity contribution in [2.75, 3.05) is 34.4 Å². The number of hydrogen-bond acceptors (Lipinski definition) is 8. The highest BCUT2D eigenvalue weighted by molar-refractivity contribution is 5.96. The lowest BCUT2D eigenvalue weighted by Crippen LogP contribution is -2.62. The minimum Gasteiger partial charge on any atom is -0.496 e. The average molecular weight is 679 g/mol. The summed E-state index contributed by atoms with van der Waals surface area (Å²) < 4.78 is 5.99. The Labute approximate surface area is 292 Å². The quantitative estimate of drug-likeness (QED) is 0.247. The van der Waals surface area contributed by atoms with Gasteiger partial charge in [-0.15, -0.1) is 0 Å². The molecule has 0 spiro atoms. The molecule has 3 saturated carbocycles. The zero-order valence-corrected chi connectivity index (χ0v) is 30.8. The molecule has 2 bridgehead atoms. The first-order valence-electron chi connectivity index (χ1n) is 17.9. The number of carbonyl (C=O) groups excluding carboxylic acids is 2. The van der Waals surface area contributed by atoms with Crippen LogP contribution in [0.4, 0.5) is 0 Å². The molecule has 10 heteroatoms. The summed E-state index contributed by atoms with van der Waals surface area (Å²) in [5.41, 5.74) is 3.24. The number of nitrogens with one attached hydrogen (secondary N) is 2. The summed E-state index contributed by atoms with van der Waals surface area (Å²) in [6.45, 7) is 13.4. The van der Waals surface area contributed by atoms with Crippen LogP contribution in [0.3, 0.4) is 0 Å². The Morgan fingerprint density at radius 3 is 2.43 bits per heavy atom. The Bertz CT molecular complexity index is 1480. The van der Waals surface area contributed by atoms with Crippen LogP contribution in [0.1, 0.15) is 70.3 Å². The van der Waals surface area contributed by atoms with Crippen LogP contribution in [0, 0.1) is 35.0 Å². The van der Waals surface area contributed by atoms with Gasteiger partial charge in [-0.05, 0) is 80.6 Å². The van der Waals surface area contributed by atoms with E-state index in [1.165, 1.54) is 6.42 Å². The van der Waals surface area contributed by atoms with E-state index in [2.05, 4.69) is 50.2 Å². The lowest BCUT2D eigenvalue weighted by atomic mass is 9.45. The maximum absolute atomic E-state index is 14.1. The zero-order chi connectivity index (χ0) is 35.8. The molecule has 4 N–H and O–H groups in total. The molecule has 0 unspecified atom stereocenters. The maximum atomic E-state index is 14.1. The van der Waals surface area contributed by atoms with Gasteiger partial charge in [-0.1, -0.05) is 65.0 Å². The average Bonchev–Trinajstić information content (AvgIpc) is 3.43. The van der Waals surface area contributed by atoms with Crippen LogP contribution in [0.25, 0.3) is 11.1 Å². The van der Waals surface area contributed by atoms with Crippen molar-refractivity contribution in [3.63, 3.8) is 0 Å². The number of rotatable bonds is 13. The number of likely N-dealkylation sites (N-methyl/N-ethyl adjacent to an activating group) is 1. The number of carbonyl (C=O) groups is 2. The molecule has 49 heavy (non-hydrogen) atoms. The SMILES string of the molecule is COc1c(CN2O[C@@H](CO)[C@@H]([C@H](C)O)[C@H]2C(=O)N[C@H]2C[C@H]3C[C@@H]([C@@H]2C)C3(C)C)cccc1-c1cccc(C(=O)N[C@@H](CN(C)C)C(C)C)c1. The molecule has 1 aliphatic heterocycles. The summed E-state index contributed by atoms with van der Waals surface area (Å²) >= 11 is 0. The molecular formula is C39H58N4O6. The molecule has 6 rings (SSSR count). The summed E-state index contributed by atoms with van der Waals surface area (Å²) in [5.74, 6) is 1.41. The second kappa shape index (κ2) is 15.1. The Morgan fingerprint density at radius 2 is 1.84 bits per heavy atom. The van der Waals surface area contributed by atoms with Crippen molar-refractivity contribution in [3.8, 4) is 16.9 Å². The smallest absolute Gasteiger partial charge is 0.251 e. The molecule has 2 aromatic rings. The molecule has 1 heterocycles. The number of benzene rings is 2. The van der Waals surface area contributed by atoms with Crippen LogP contribution in [0.15, 0.2) is 42.5 Å². The second-order valence-corrected chi connectivity index (χ2v) is 15.9. The van der Waals surface area contributed by atoms with E-state index in [0.29, 0.717) is 34.5 Å². The lowest BCUT2D eigenvalue weighted by Gasteiger charge is -2.62. The van der Waals surface area contributed by atoms with Gasteiger partial charge in [0, 0.05) is 41.2 Å². The minimum atomic E-state index is -0.885. The summed E-state index contributed by atoms with van der Waals surface area (Å²) in [4.78, 5) is 35.8. The minimum absolute atomic E-state index is 0.00157. The molecule has 10 nitrogen and oxygen atoms in total. The summed E-state index contributed by atoms with van der Waals surface area (Å²) in [7, 11) is 5.60. The predicted molar refractivity (Wildman–Crippen MR) is 191 cm³/mol. The Hall–Kier alpha value is -3.02. The Balaban J connectivity index is 1.39. The topological polar surface area (TPSA) is 124 Å². The number of ether oxygens (including phenoxy) is 1. The van der Waals surface area contributed by atoms with Crippen molar-refractivity contribution in [1.29, 1.82) is 0 Å². The Morgan fingerprint density at radius 1 is 1.12 bits per heavy atom. The van der Waals surface area contributed by atoms with E-state index in [1.54, 1.807) is 19.1 Å². The molecule has 2 aromatic carbocycles. The van der Waals surface area contributed by atoms with Crippen molar-refractivity contribution < 1.29 is 29.4 Å². The van der Waals surface area contributed by atoms with Crippen molar-refractivity contribution in [2.45, 2.75) is 91.3 Å². The number of hydrogen-bond donors (Lipinski definition) is 4. The fourth-order valence-electron chi connectivity index (χ4n) is 8.73. The largest absolute Gasteiger partial charge is 0.496 e. The molecule has 4 aliphatic rings. The summed E-state index contributed by atoms with van der Waals surface area (Å²) in [6, 6.07) is 12.5. The molecular weight excluding hydrogens is 620 g/mol. The molecule has 0 radical (unpaired) electrons. The van der Waals surface area contributed by atoms with Crippen LogP contribution in [0.5, 0.6) is 5.75 Å². The van der Waals surface area contributed by atoms with Gasteiger partial charge in [0.2, 0.25) is 5.91 Å². The van der Waals surface area contributed by atoms with Crippen molar-refractivity contribution in [1.82, 2.24) is 20.6 Å².